The molecule has 8 N–H and O–H groups in total. The van der Waals surface area contributed by atoms with Crippen molar-refractivity contribution in [1.82, 2.24) is 10.2 Å². The highest BCUT2D eigenvalue weighted by Crippen LogP contribution is 2.12. The summed E-state index contributed by atoms with van der Waals surface area (Å²) in [4.78, 5) is 39.8. The highest BCUT2D eigenvalue weighted by Gasteiger charge is 2.26. The van der Waals surface area contributed by atoms with Crippen LogP contribution in [0.25, 0.3) is 0 Å². The second kappa shape index (κ2) is 14.5. The molecule has 2 rings (SSSR count). The summed E-state index contributed by atoms with van der Waals surface area (Å²) in [5.41, 5.74) is 19.1. The third-order valence-corrected chi connectivity index (χ3v) is 5.36. The van der Waals surface area contributed by atoms with Gasteiger partial charge in [0, 0.05) is 31.9 Å². The molecule has 0 radical (unpaired) electrons. The summed E-state index contributed by atoms with van der Waals surface area (Å²) in [5.74, 6) is -1.36. The molecule has 0 aromatic heterocycles. The van der Waals surface area contributed by atoms with Crippen LogP contribution in [0.15, 0.2) is 54.6 Å². The summed E-state index contributed by atoms with van der Waals surface area (Å²) in [6.07, 6.45) is 0.640. The fourth-order valence-electron chi connectivity index (χ4n) is 3.44. The number of carbonyl (C=O) groups is 3. The van der Waals surface area contributed by atoms with Gasteiger partial charge in [0.25, 0.3) is 0 Å². The van der Waals surface area contributed by atoms with Crippen molar-refractivity contribution in [2.24, 2.45) is 17.2 Å². The Balaban J connectivity index is 2.07. The standard InChI is InChI=1S/C25H33N7O3/c26-12-14-32(15-13-27)23(33)16-21(29)24(34)31-22(11-8-18-4-2-1-3-5-18)25(35)30-20-9-6-19(17-28)7-10-20/h1-7,9-10,21-22H,8,11-16,26-27,29H2,(H,30,35)(H,31,34)/t21-,22-/m0/s1. The number of nitrogens with zero attached hydrogens (tertiary/aromatic N) is 2. The van der Waals surface area contributed by atoms with E-state index in [2.05, 4.69) is 10.6 Å². The quantitative estimate of drug-likeness (QED) is 0.270. The summed E-state index contributed by atoms with van der Waals surface area (Å²) in [6.45, 7) is 1.17. The maximum atomic E-state index is 13.0. The van der Waals surface area contributed by atoms with Crippen molar-refractivity contribution in [2.45, 2.75) is 31.3 Å². The number of amides is 3. The summed E-state index contributed by atoms with van der Waals surface area (Å²) in [7, 11) is 0. The first-order valence-corrected chi connectivity index (χ1v) is 11.5. The molecular formula is C25H33N7O3. The van der Waals surface area contributed by atoms with Crippen LogP contribution in [-0.2, 0) is 20.8 Å². The van der Waals surface area contributed by atoms with Gasteiger partial charge in [-0.3, -0.25) is 14.4 Å². The Labute approximate surface area is 205 Å². The number of hydrogen-bond acceptors (Lipinski definition) is 7. The maximum Gasteiger partial charge on any atom is 0.246 e. The van der Waals surface area contributed by atoms with Crippen molar-refractivity contribution in [2.75, 3.05) is 31.5 Å². The van der Waals surface area contributed by atoms with E-state index in [-0.39, 0.29) is 25.4 Å². The Morgan fingerprint density at radius 3 is 2.14 bits per heavy atom. The monoisotopic (exact) mass is 479 g/mol. The maximum absolute atomic E-state index is 13.0. The minimum atomic E-state index is -1.14. The molecule has 10 nitrogen and oxygen atoms in total. The molecule has 0 unspecified atom stereocenters. The van der Waals surface area contributed by atoms with Gasteiger partial charge in [0.15, 0.2) is 0 Å². The third-order valence-electron chi connectivity index (χ3n) is 5.36. The van der Waals surface area contributed by atoms with Crippen LogP contribution < -0.4 is 27.8 Å². The highest BCUT2D eigenvalue weighted by molar-refractivity contribution is 5.98. The van der Waals surface area contributed by atoms with Crippen molar-refractivity contribution in [3.63, 3.8) is 0 Å². The van der Waals surface area contributed by atoms with Crippen LogP contribution in [0.2, 0.25) is 0 Å². The van der Waals surface area contributed by atoms with Crippen molar-refractivity contribution in [3.8, 4) is 6.07 Å². The van der Waals surface area contributed by atoms with Crippen molar-refractivity contribution in [1.29, 1.82) is 5.26 Å². The molecule has 0 aliphatic rings. The number of nitriles is 1. The van der Waals surface area contributed by atoms with E-state index in [1.165, 1.54) is 4.90 Å². The van der Waals surface area contributed by atoms with Crippen LogP contribution in [0.1, 0.15) is 24.0 Å². The number of carbonyl (C=O) groups excluding carboxylic acids is 3. The summed E-state index contributed by atoms with van der Waals surface area (Å²) < 4.78 is 0. The van der Waals surface area contributed by atoms with E-state index >= 15 is 0 Å². The average Bonchev–Trinajstić information content (AvgIpc) is 2.87. The Bertz CT molecular complexity index is 1000. The number of hydrogen-bond donors (Lipinski definition) is 5. The van der Waals surface area contributed by atoms with E-state index < -0.39 is 23.9 Å². The topological polar surface area (TPSA) is 180 Å². The van der Waals surface area contributed by atoms with E-state index in [1.54, 1.807) is 24.3 Å². The fourth-order valence-corrected chi connectivity index (χ4v) is 3.44. The first-order valence-electron chi connectivity index (χ1n) is 11.5. The Hall–Kier alpha value is -3.78. The van der Waals surface area contributed by atoms with Gasteiger partial charge in [-0.15, -0.1) is 0 Å². The van der Waals surface area contributed by atoms with Crippen molar-refractivity contribution >= 4 is 23.4 Å². The summed E-state index contributed by atoms with van der Waals surface area (Å²) >= 11 is 0. The zero-order valence-electron chi connectivity index (χ0n) is 19.7. The van der Waals surface area contributed by atoms with Crippen molar-refractivity contribution < 1.29 is 14.4 Å². The van der Waals surface area contributed by atoms with Gasteiger partial charge >= 0.3 is 0 Å². The molecule has 0 bridgehead atoms. The van der Waals surface area contributed by atoms with Gasteiger partial charge in [0.1, 0.15) is 6.04 Å². The smallest absolute Gasteiger partial charge is 0.246 e. The SMILES string of the molecule is N#Cc1ccc(NC(=O)[C@H](CCc2ccccc2)NC(=O)[C@@H](N)CC(=O)N(CCN)CCN)cc1. The number of rotatable bonds is 13. The first-order chi connectivity index (χ1) is 16.9. The van der Waals surface area contributed by atoms with Gasteiger partial charge in [-0.1, -0.05) is 30.3 Å². The molecule has 0 saturated carbocycles. The molecule has 0 heterocycles. The lowest BCUT2D eigenvalue weighted by Crippen LogP contribution is -2.52. The van der Waals surface area contributed by atoms with Crippen molar-refractivity contribution in [3.05, 3.63) is 65.7 Å². The second-order valence-electron chi connectivity index (χ2n) is 8.03. The van der Waals surface area contributed by atoms with E-state index in [1.807, 2.05) is 36.4 Å². The second-order valence-corrected chi connectivity index (χ2v) is 8.03. The van der Waals surface area contributed by atoms with Gasteiger partial charge in [-0.25, -0.2) is 0 Å². The van der Waals surface area contributed by atoms with Crippen LogP contribution >= 0.6 is 0 Å². The molecule has 35 heavy (non-hydrogen) atoms. The zero-order valence-corrected chi connectivity index (χ0v) is 19.7. The highest BCUT2D eigenvalue weighted by atomic mass is 16.2. The fraction of sp³-hybridized carbons (Fsp3) is 0.360. The lowest BCUT2D eigenvalue weighted by Gasteiger charge is -2.24. The van der Waals surface area contributed by atoms with Crippen LogP contribution in [-0.4, -0.2) is 60.9 Å². The van der Waals surface area contributed by atoms with Gasteiger partial charge in [0.2, 0.25) is 17.7 Å². The molecule has 0 fully saturated rings. The predicted molar refractivity (Wildman–Crippen MR) is 134 cm³/mol. The van der Waals surface area contributed by atoms with Crippen LogP contribution in [0.4, 0.5) is 5.69 Å². The van der Waals surface area contributed by atoms with Gasteiger partial charge in [0.05, 0.1) is 24.1 Å². The number of anilines is 1. The van der Waals surface area contributed by atoms with Crippen LogP contribution in [0, 0.1) is 11.3 Å². The molecule has 10 heteroatoms. The van der Waals surface area contributed by atoms with E-state index in [0.29, 0.717) is 37.2 Å². The van der Waals surface area contributed by atoms with E-state index in [0.717, 1.165) is 5.56 Å². The molecule has 2 aromatic carbocycles. The molecule has 3 amide bonds. The molecular weight excluding hydrogens is 446 g/mol. The molecule has 186 valence electrons. The predicted octanol–water partition coefficient (Wildman–Crippen LogP) is 0.0778. The normalized spacial score (nSPS) is 12.2. The number of nitrogens with one attached hydrogen (secondary N) is 2. The molecule has 0 spiro atoms. The first kappa shape index (κ1) is 27.5. The van der Waals surface area contributed by atoms with E-state index in [9.17, 15) is 14.4 Å². The summed E-state index contributed by atoms with van der Waals surface area (Å²) in [6, 6.07) is 16.0. The largest absolute Gasteiger partial charge is 0.343 e. The Kier molecular flexibility index (Phi) is 11.4. The molecule has 0 aliphatic carbocycles. The van der Waals surface area contributed by atoms with Gasteiger partial charge in [-0.2, -0.15) is 5.26 Å². The molecule has 2 aromatic rings. The lowest BCUT2D eigenvalue weighted by molar-refractivity contribution is -0.134. The summed E-state index contributed by atoms with van der Waals surface area (Å²) in [5, 5.41) is 14.4. The molecule has 0 saturated heterocycles. The Morgan fingerprint density at radius 1 is 0.943 bits per heavy atom. The Morgan fingerprint density at radius 2 is 1.57 bits per heavy atom. The molecule has 2 atom stereocenters. The lowest BCUT2D eigenvalue weighted by atomic mass is 10.0. The van der Waals surface area contributed by atoms with E-state index in [4.69, 9.17) is 22.5 Å². The van der Waals surface area contributed by atoms with Gasteiger partial charge in [-0.05, 0) is 42.7 Å². The zero-order chi connectivity index (χ0) is 25.6. The number of nitrogens with two attached hydrogens (primary N) is 3. The van der Waals surface area contributed by atoms with Crippen LogP contribution in [0.5, 0.6) is 0 Å². The third kappa shape index (κ3) is 9.17. The molecule has 0 aliphatic heterocycles. The minimum absolute atomic E-state index is 0.228. The minimum Gasteiger partial charge on any atom is -0.343 e. The number of benzene rings is 2. The van der Waals surface area contributed by atoms with Crippen LogP contribution in [0.3, 0.4) is 0 Å². The van der Waals surface area contributed by atoms with Gasteiger partial charge < -0.3 is 32.7 Å². The average molecular weight is 480 g/mol. The number of aryl methyl sites for hydroxylation is 1.